The molecule has 17 heavy (non-hydrogen) atoms. The fourth-order valence-corrected chi connectivity index (χ4v) is 2.03. The van der Waals surface area contributed by atoms with Crippen LogP contribution in [-0.2, 0) is 9.59 Å². The monoisotopic (exact) mass is 241 g/mol. The third-order valence-electron chi connectivity index (χ3n) is 3.68. The Hall–Kier alpha value is -1.10. The van der Waals surface area contributed by atoms with Gasteiger partial charge >= 0.3 is 0 Å². The number of amides is 2. The van der Waals surface area contributed by atoms with E-state index < -0.39 is 5.54 Å². The van der Waals surface area contributed by atoms with Gasteiger partial charge in [0, 0.05) is 26.1 Å². The first-order valence-corrected chi connectivity index (χ1v) is 6.26. The number of piperidine rings is 1. The van der Waals surface area contributed by atoms with Crippen LogP contribution in [-0.4, -0.2) is 41.9 Å². The Morgan fingerprint density at radius 1 is 1.53 bits per heavy atom. The molecule has 3 N–H and O–H groups in total. The molecule has 0 radical (unpaired) electrons. The standard InChI is InChI=1S/C12H23N3O2/c1-4-12(13,5-2)11(17)14-9-6-7-10(16)15(3)8-9/h9H,4-8,13H2,1-3H3,(H,14,17). The fraction of sp³-hybridized carbons (Fsp3) is 0.833. The second-order valence-electron chi connectivity index (χ2n) is 4.85. The summed E-state index contributed by atoms with van der Waals surface area (Å²) < 4.78 is 0. The Kier molecular flexibility index (Phi) is 4.51. The molecule has 98 valence electrons. The molecule has 1 unspecified atom stereocenters. The van der Waals surface area contributed by atoms with Crippen molar-refractivity contribution in [1.82, 2.24) is 10.2 Å². The Balaban J connectivity index is 2.55. The van der Waals surface area contributed by atoms with E-state index in [1.54, 1.807) is 11.9 Å². The molecule has 1 fully saturated rings. The number of carbonyl (C=O) groups excluding carboxylic acids is 2. The normalized spacial score (nSPS) is 21.5. The minimum atomic E-state index is -0.778. The highest BCUT2D eigenvalue weighted by molar-refractivity contribution is 5.86. The van der Waals surface area contributed by atoms with Gasteiger partial charge in [-0.05, 0) is 19.3 Å². The molecule has 0 aromatic heterocycles. The number of nitrogens with one attached hydrogen (secondary N) is 1. The summed E-state index contributed by atoms with van der Waals surface area (Å²) in [5.41, 5.74) is 5.25. The third-order valence-corrected chi connectivity index (χ3v) is 3.68. The van der Waals surface area contributed by atoms with Crippen LogP contribution >= 0.6 is 0 Å². The lowest BCUT2D eigenvalue weighted by atomic mass is 9.92. The molecule has 0 saturated carbocycles. The molecule has 0 bridgehead atoms. The molecule has 1 aliphatic heterocycles. The van der Waals surface area contributed by atoms with Crippen LogP contribution in [0.2, 0.25) is 0 Å². The van der Waals surface area contributed by atoms with E-state index in [1.165, 1.54) is 0 Å². The average molecular weight is 241 g/mol. The van der Waals surface area contributed by atoms with E-state index in [2.05, 4.69) is 5.32 Å². The van der Waals surface area contributed by atoms with Crippen LogP contribution in [0.15, 0.2) is 0 Å². The first-order valence-electron chi connectivity index (χ1n) is 6.26. The fourth-order valence-electron chi connectivity index (χ4n) is 2.03. The number of rotatable bonds is 4. The van der Waals surface area contributed by atoms with E-state index in [4.69, 9.17) is 5.73 Å². The van der Waals surface area contributed by atoms with Crippen LogP contribution in [0.5, 0.6) is 0 Å². The molecule has 0 aromatic carbocycles. The first kappa shape index (κ1) is 14.0. The van der Waals surface area contributed by atoms with Crippen LogP contribution in [0.25, 0.3) is 0 Å². The molecule has 1 atom stereocenters. The van der Waals surface area contributed by atoms with Crippen LogP contribution in [0.3, 0.4) is 0 Å². The molecule has 1 aliphatic rings. The molecule has 0 aromatic rings. The van der Waals surface area contributed by atoms with Gasteiger partial charge in [-0.25, -0.2) is 0 Å². The summed E-state index contributed by atoms with van der Waals surface area (Å²) in [5, 5.41) is 2.95. The summed E-state index contributed by atoms with van der Waals surface area (Å²) in [6.07, 6.45) is 2.45. The summed E-state index contributed by atoms with van der Waals surface area (Å²) in [6.45, 7) is 4.41. The van der Waals surface area contributed by atoms with Gasteiger partial charge in [-0.15, -0.1) is 0 Å². The first-order chi connectivity index (χ1) is 7.92. The minimum Gasteiger partial charge on any atom is -0.350 e. The number of likely N-dealkylation sites (N-methyl/N-ethyl adjacent to an activating group) is 1. The highest BCUT2D eigenvalue weighted by atomic mass is 16.2. The number of nitrogens with two attached hydrogens (primary N) is 1. The van der Waals surface area contributed by atoms with E-state index in [1.807, 2.05) is 13.8 Å². The van der Waals surface area contributed by atoms with Crippen molar-refractivity contribution in [2.45, 2.75) is 51.1 Å². The molecular formula is C12H23N3O2. The van der Waals surface area contributed by atoms with Gasteiger partial charge in [-0.3, -0.25) is 9.59 Å². The van der Waals surface area contributed by atoms with Gasteiger partial charge < -0.3 is 16.0 Å². The van der Waals surface area contributed by atoms with Crippen molar-refractivity contribution in [2.24, 2.45) is 5.73 Å². The van der Waals surface area contributed by atoms with E-state index >= 15 is 0 Å². The maximum atomic E-state index is 12.0. The lowest BCUT2D eigenvalue weighted by molar-refractivity contribution is -0.135. The van der Waals surface area contributed by atoms with Crippen molar-refractivity contribution < 1.29 is 9.59 Å². The van der Waals surface area contributed by atoms with E-state index in [-0.39, 0.29) is 17.9 Å². The molecule has 1 rings (SSSR count). The van der Waals surface area contributed by atoms with Crippen molar-refractivity contribution in [3.05, 3.63) is 0 Å². The zero-order valence-corrected chi connectivity index (χ0v) is 11.0. The Morgan fingerprint density at radius 3 is 2.59 bits per heavy atom. The van der Waals surface area contributed by atoms with Crippen LogP contribution in [0, 0.1) is 0 Å². The zero-order chi connectivity index (χ0) is 13.1. The second kappa shape index (κ2) is 5.49. The SMILES string of the molecule is CCC(N)(CC)C(=O)NC1CCC(=O)N(C)C1. The Bertz CT molecular complexity index is 300. The van der Waals surface area contributed by atoms with Gasteiger partial charge in [0.2, 0.25) is 11.8 Å². The van der Waals surface area contributed by atoms with Crippen LogP contribution < -0.4 is 11.1 Å². The molecule has 0 spiro atoms. The van der Waals surface area contributed by atoms with Gasteiger partial charge in [0.05, 0.1) is 5.54 Å². The topological polar surface area (TPSA) is 75.4 Å². The molecule has 2 amide bonds. The maximum Gasteiger partial charge on any atom is 0.240 e. The number of carbonyl (C=O) groups is 2. The van der Waals surface area contributed by atoms with Crippen molar-refractivity contribution in [2.75, 3.05) is 13.6 Å². The van der Waals surface area contributed by atoms with Crippen molar-refractivity contribution in [1.29, 1.82) is 0 Å². The predicted molar refractivity (Wildman–Crippen MR) is 66.3 cm³/mol. The predicted octanol–water partition coefficient (Wildman–Crippen LogP) is 0.241. The minimum absolute atomic E-state index is 0.0335. The van der Waals surface area contributed by atoms with Gasteiger partial charge in [0.25, 0.3) is 0 Å². The van der Waals surface area contributed by atoms with E-state index in [9.17, 15) is 9.59 Å². The molecular weight excluding hydrogens is 218 g/mol. The quantitative estimate of drug-likeness (QED) is 0.740. The molecule has 1 heterocycles. The van der Waals surface area contributed by atoms with Gasteiger partial charge in [-0.2, -0.15) is 0 Å². The molecule has 1 saturated heterocycles. The van der Waals surface area contributed by atoms with Crippen LogP contribution in [0.1, 0.15) is 39.5 Å². The largest absolute Gasteiger partial charge is 0.350 e. The molecule has 5 heteroatoms. The summed E-state index contributed by atoms with van der Waals surface area (Å²) >= 11 is 0. The summed E-state index contributed by atoms with van der Waals surface area (Å²) in [7, 11) is 1.76. The van der Waals surface area contributed by atoms with Gasteiger partial charge in [0.1, 0.15) is 0 Å². The Morgan fingerprint density at radius 2 is 2.12 bits per heavy atom. The number of hydrogen-bond acceptors (Lipinski definition) is 3. The van der Waals surface area contributed by atoms with E-state index in [0.717, 1.165) is 0 Å². The number of nitrogens with zero attached hydrogens (tertiary/aromatic N) is 1. The summed E-state index contributed by atoms with van der Waals surface area (Å²) in [5.74, 6) is 0.0377. The third kappa shape index (κ3) is 3.19. The highest BCUT2D eigenvalue weighted by Gasteiger charge is 2.33. The van der Waals surface area contributed by atoms with Crippen molar-refractivity contribution in [3.8, 4) is 0 Å². The van der Waals surface area contributed by atoms with Gasteiger partial charge in [0.15, 0.2) is 0 Å². The maximum absolute atomic E-state index is 12.0. The summed E-state index contributed by atoms with van der Waals surface area (Å²) in [4.78, 5) is 25.0. The van der Waals surface area contributed by atoms with Crippen molar-refractivity contribution >= 4 is 11.8 Å². The zero-order valence-electron chi connectivity index (χ0n) is 11.0. The average Bonchev–Trinajstić information content (AvgIpc) is 2.32. The lowest BCUT2D eigenvalue weighted by Crippen LogP contribution is -2.58. The number of likely N-dealkylation sites (tertiary alicyclic amines) is 1. The smallest absolute Gasteiger partial charge is 0.240 e. The highest BCUT2D eigenvalue weighted by Crippen LogP contribution is 2.14. The Labute approximate surface area is 103 Å². The lowest BCUT2D eigenvalue weighted by Gasteiger charge is -2.33. The number of hydrogen-bond donors (Lipinski definition) is 2. The molecule has 5 nitrogen and oxygen atoms in total. The van der Waals surface area contributed by atoms with Crippen molar-refractivity contribution in [3.63, 3.8) is 0 Å². The summed E-state index contributed by atoms with van der Waals surface area (Å²) in [6, 6.07) is 0.0335. The molecule has 0 aliphatic carbocycles. The van der Waals surface area contributed by atoms with E-state index in [0.29, 0.717) is 32.2 Å². The second-order valence-corrected chi connectivity index (χ2v) is 4.85. The van der Waals surface area contributed by atoms with Gasteiger partial charge in [-0.1, -0.05) is 13.8 Å². The van der Waals surface area contributed by atoms with Crippen LogP contribution in [0.4, 0.5) is 0 Å².